The highest BCUT2D eigenvalue weighted by Crippen LogP contribution is 2.28. The SMILES string of the molecule is O=[N+]([O-])c1cc(F)nc(C(F)F)c1CO. The number of nitrogens with zero attached hydrogens (tertiary/aromatic N) is 2. The maximum absolute atomic E-state index is 12.6. The summed E-state index contributed by atoms with van der Waals surface area (Å²) in [6.07, 6.45) is -3.18. The second-order valence-electron chi connectivity index (χ2n) is 2.54. The number of aliphatic hydroxyl groups excluding tert-OH is 1. The molecule has 0 radical (unpaired) electrons. The van der Waals surface area contributed by atoms with Crippen LogP contribution in [0.5, 0.6) is 0 Å². The van der Waals surface area contributed by atoms with E-state index in [9.17, 15) is 23.3 Å². The van der Waals surface area contributed by atoms with Crippen molar-refractivity contribution < 1.29 is 23.2 Å². The van der Waals surface area contributed by atoms with Crippen LogP contribution >= 0.6 is 0 Å². The molecule has 0 unspecified atom stereocenters. The molecule has 1 aromatic heterocycles. The number of rotatable bonds is 3. The smallest absolute Gasteiger partial charge is 0.281 e. The molecule has 1 aromatic rings. The van der Waals surface area contributed by atoms with Crippen LogP contribution in [0.4, 0.5) is 18.9 Å². The van der Waals surface area contributed by atoms with Crippen molar-refractivity contribution in [3.8, 4) is 0 Å². The van der Waals surface area contributed by atoms with Gasteiger partial charge in [-0.1, -0.05) is 0 Å². The Morgan fingerprint density at radius 3 is 2.60 bits per heavy atom. The van der Waals surface area contributed by atoms with Crippen LogP contribution < -0.4 is 0 Å². The standard InChI is InChI=1S/C7H5F3N2O3/c8-5-1-4(12(14)15)3(2-13)6(11-5)7(9)10/h1,7,13H,2H2. The van der Waals surface area contributed by atoms with E-state index >= 15 is 0 Å². The van der Waals surface area contributed by atoms with Crippen molar-refractivity contribution in [2.45, 2.75) is 13.0 Å². The van der Waals surface area contributed by atoms with Gasteiger partial charge in [-0.15, -0.1) is 0 Å². The lowest BCUT2D eigenvalue weighted by atomic mass is 10.1. The molecule has 0 aliphatic heterocycles. The molecule has 0 bridgehead atoms. The number of pyridine rings is 1. The van der Waals surface area contributed by atoms with Gasteiger partial charge in [0.15, 0.2) is 0 Å². The Morgan fingerprint density at radius 1 is 1.60 bits per heavy atom. The molecule has 0 atom stereocenters. The van der Waals surface area contributed by atoms with Crippen molar-refractivity contribution in [1.82, 2.24) is 4.98 Å². The van der Waals surface area contributed by atoms with E-state index in [4.69, 9.17) is 5.11 Å². The van der Waals surface area contributed by atoms with E-state index in [2.05, 4.69) is 4.98 Å². The van der Waals surface area contributed by atoms with Crippen LogP contribution in [-0.2, 0) is 6.61 Å². The lowest BCUT2D eigenvalue weighted by molar-refractivity contribution is -0.386. The minimum Gasteiger partial charge on any atom is -0.391 e. The molecule has 8 heteroatoms. The fraction of sp³-hybridized carbons (Fsp3) is 0.286. The molecule has 1 heterocycles. The van der Waals surface area contributed by atoms with Crippen LogP contribution in [0.3, 0.4) is 0 Å². The zero-order valence-corrected chi connectivity index (χ0v) is 7.15. The third-order valence-corrected chi connectivity index (χ3v) is 1.66. The first kappa shape index (κ1) is 11.4. The van der Waals surface area contributed by atoms with Crippen LogP contribution in [0.1, 0.15) is 17.7 Å². The monoisotopic (exact) mass is 222 g/mol. The van der Waals surface area contributed by atoms with Gasteiger partial charge in [0.25, 0.3) is 12.1 Å². The van der Waals surface area contributed by atoms with E-state index in [1.165, 1.54) is 0 Å². The highest BCUT2D eigenvalue weighted by molar-refractivity contribution is 5.42. The molecule has 0 spiro atoms. The number of nitro groups is 1. The number of hydrogen-bond acceptors (Lipinski definition) is 4. The fourth-order valence-corrected chi connectivity index (χ4v) is 1.05. The second kappa shape index (κ2) is 4.22. The summed E-state index contributed by atoms with van der Waals surface area (Å²) < 4.78 is 37.2. The molecular formula is C7H5F3N2O3. The highest BCUT2D eigenvalue weighted by Gasteiger charge is 2.25. The fourth-order valence-electron chi connectivity index (χ4n) is 1.05. The van der Waals surface area contributed by atoms with Crippen molar-refractivity contribution in [3.63, 3.8) is 0 Å². The lowest BCUT2D eigenvalue weighted by Crippen LogP contribution is -2.05. The average Bonchev–Trinajstić information content (AvgIpc) is 2.16. The molecule has 0 aliphatic carbocycles. The first-order valence-corrected chi connectivity index (χ1v) is 3.70. The Hall–Kier alpha value is -1.70. The van der Waals surface area contributed by atoms with Gasteiger partial charge in [0.1, 0.15) is 5.69 Å². The molecule has 1 rings (SSSR count). The Labute approximate surface area is 81.3 Å². The highest BCUT2D eigenvalue weighted by atomic mass is 19.3. The molecule has 0 aromatic carbocycles. The predicted molar refractivity (Wildman–Crippen MR) is 41.7 cm³/mol. The number of halogens is 3. The minimum atomic E-state index is -3.18. The maximum atomic E-state index is 12.6. The molecule has 0 fully saturated rings. The van der Waals surface area contributed by atoms with E-state index in [0.717, 1.165) is 0 Å². The number of alkyl halides is 2. The van der Waals surface area contributed by atoms with Crippen molar-refractivity contribution >= 4 is 5.69 Å². The van der Waals surface area contributed by atoms with Crippen molar-refractivity contribution in [2.75, 3.05) is 0 Å². The molecule has 1 N–H and O–H groups in total. The normalized spacial score (nSPS) is 10.7. The van der Waals surface area contributed by atoms with Crippen LogP contribution in [0, 0.1) is 16.1 Å². The van der Waals surface area contributed by atoms with Crippen LogP contribution in [0.15, 0.2) is 6.07 Å². The first-order valence-electron chi connectivity index (χ1n) is 3.70. The summed E-state index contributed by atoms with van der Waals surface area (Å²) in [4.78, 5) is 12.1. The van der Waals surface area contributed by atoms with Gasteiger partial charge in [0, 0.05) is 0 Å². The van der Waals surface area contributed by atoms with Crippen LogP contribution in [0.2, 0.25) is 0 Å². The largest absolute Gasteiger partial charge is 0.391 e. The van der Waals surface area contributed by atoms with Crippen LogP contribution in [-0.4, -0.2) is 15.0 Å². The summed E-state index contributed by atoms with van der Waals surface area (Å²) in [5.74, 6) is -1.38. The Morgan fingerprint density at radius 2 is 2.20 bits per heavy atom. The zero-order chi connectivity index (χ0) is 11.6. The first-order chi connectivity index (χ1) is 6.97. The minimum absolute atomic E-state index is 0.386. The van der Waals surface area contributed by atoms with Gasteiger partial charge in [-0.3, -0.25) is 10.1 Å². The molecule has 5 nitrogen and oxygen atoms in total. The van der Waals surface area contributed by atoms with Gasteiger partial charge in [-0.05, 0) is 0 Å². The van der Waals surface area contributed by atoms with Crippen molar-refractivity contribution in [1.29, 1.82) is 0 Å². The summed E-state index contributed by atoms with van der Waals surface area (Å²) in [7, 11) is 0. The van der Waals surface area contributed by atoms with Gasteiger partial charge >= 0.3 is 0 Å². The van der Waals surface area contributed by atoms with Gasteiger partial charge in [0.05, 0.1) is 23.2 Å². The Bertz CT molecular complexity index is 397. The molecule has 0 amide bonds. The van der Waals surface area contributed by atoms with Crippen molar-refractivity contribution in [2.24, 2.45) is 0 Å². The molecular weight excluding hydrogens is 217 g/mol. The summed E-state index contributed by atoms with van der Waals surface area (Å²) in [5.41, 5.74) is -2.68. The average molecular weight is 222 g/mol. The number of aliphatic hydroxyl groups is 1. The molecule has 0 saturated carbocycles. The summed E-state index contributed by atoms with van der Waals surface area (Å²) in [6.45, 7) is -0.997. The third-order valence-electron chi connectivity index (χ3n) is 1.66. The van der Waals surface area contributed by atoms with Crippen LogP contribution in [0.25, 0.3) is 0 Å². The molecule has 0 saturated heterocycles. The summed E-state index contributed by atoms with van der Waals surface area (Å²) >= 11 is 0. The van der Waals surface area contributed by atoms with Gasteiger partial charge < -0.3 is 5.11 Å². The number of hydrogen-bond donors (Lipinski definition) is 1. The lowest BCUT2D eigenvalue weighted by Gasteiger charge is -2.05. The summed E-state index contributed by atoms with van der Waals surface area (Å²) in [5, 5.41) is 19.1. The van der Waals surface area contributed by atoms with Gasteiger partial charge in [-0.25, -0.2) is 13.8 Å². The zero-order valence-electron chi connectivity index (χ0n) is 7.15. The Balaban J connectivity index is 3.45. The van der Waals surface area contributed by atoms with E-state index in [-0.39, 0.29) is 0 Å². The predicted octanol–water partition coefficient (Wildman–Crippen LogP) is 1.56. The van der Waals surface area contributed by atoms with E-state index < -0.39 is 40.8 Å². The van der Waals surface area contributed by atoms with Crippen molar-refractivity contribution in [3.05, 3.63) is 33.4 Å². The third kappa shape index (κ3) is 2.21. The summed E-state index contributed by atoms with van der Waals surface area (Å²) in [6, 6.07) is 0.386. The van der Waals surface area contributed by atoms with Gasteiger partial charge in [0.2, 0.25) is 5.95 Å². The topological polar surface area (TPSA) is 76.3 Å². The van der Waals surface area contributed by atoms with E-state index in [1.54, 1.807) is 0 Å². The van der Waals surface area contributed by atoms with E-state index in [0.29, 0.717) is 6.07 Å². The second-order valence-corrected chi connectivity index (χ2v) is 2.54. The Kier molecular flexibility index (Phi) is 3.20. The van der Waals surface area contributed by atoms with E-state index in [1.807, 2.05) is 0 Å². The number of aromatic nitrogens is 1. The maximum Gasteiger partial charge on any atom is 0.281 e. The molecule has 82 valence electrons. The quantitative estimate of drug-likeness (QED) is 0.478. The molecule has 0 aliphatic rings. The van der Waals surface area contributed by atoms with Gasteiger partial charge in [-0.2, -0.15) is 4.39 Å². The molecule has 15 heavy (non-hydrogen) atoms.